The maximum Gasteiger partial charge on any atom is 0.0675 e. The van der Waals surface area contributed by atoms with Gasteiger partial charge in [0.25, 0.3) is 0 Å². The number of hydrogen-bond donors (Lipinski definition) is 1. The molecular formula is C12H16N2. The van der Waals surface area contributed by atoms with E-state index in [-0.39, 0.29) is 0 Å². The van der Waals surface area contributed by atoms with Gasteiger partial charge in [0.05, 0.1) is 11.2 Å². The second kappa shape index (κ2) is 3.45. The van der Waals surface area contributed by atoms with Gasteiger partial charge in [-0.05, 0) is 24.0 Å². The molecule has 0 saturated heterocycles. The van der Waals surface area contributed by atoms with E-state index in [1.165, 1.54) is 16.5 Å². The average molecular weight is 188 g/mol. The van der Waals surface area contributed by atoms with E-state index in [0.717, 1.165) is 12.1 Å². The average Bonchev–Trinajstić information content (AvgIpc) is 2.60. The molecule has 2 aromatic rings. The SMILES string of the molecule is CCc1nccc2c(C(C)C)c[nH]c12. The van der Waals surface area contributed by atoms with E-state index in [1.807, 2.05) is 6.20 Å². The highest BCUT2D eigenvalue weighted by atomic mass is 14.8. The Hall–Kier alpha value is -1.31. The van der Waals surface area contributed by atoms with Crippen molar-refractivity contribution in [2.24, 2.45) is 0 Å². The number of rotatable bonds is 2. The quantitative estimate of drug-likeness (QED) is 0.770. The Morgan fingerprint density at radius 2 is 2.21 bits per heavy atom. The van der Waals surface area contributed by atoms with Gasteiger partial charge in [-0.1, -0.05) is 20.8 Å². The topological polar surface area (TPSA) is 28.7 Å². The number of pyridine rings is 1. The van der Waals surface area contributed by atoms with E-state index in [1.54, 1.807) is 0 Å². The first-order valence-electron chi connectivity index (χ1n) is 5.19. The predicted molar refractivity (Wildman–Crippen MR) is 59.6 cm³/mol. The maximum absolute atomic E-state index is 4.37. The first kappa shape index (κ1) is 9.25. The molecule has 0 aliphatic rings. The van der Waals surface area contributed by atoms with Gasteiger partial charge in [0.1, 0.15) is 0 Å². The van der Waals surface area contributed by atoms with Gasteiger partial charge < -0.3 is 4.98 Å². The van der Waals surface area contributed by atoms with Crippen molar-refractivity contribution in [3.8, 4) is 0 Å². The molecule has 14 heavy (non-hydrogen) atoms. The Balaban J connectivity index is 2.69. The van der Waals surface area contributed by atoms with Gasteiger partial charge in [0.15, 0.2) is 0 Å². The summed E-state index contributed by atoms with van der Waals surface area (Å²) in [6.45, 7) is 6.57. The summed E-state index contributed by atoms with van der Waals surface area (Å²) in [6.07, 6.45) is 4.99. The first-order valence-corrected chi connectivity index (χ1v) is 5.19. The van der Waals surface area contributed by atoms with Gasteiger partial charge in [-0.15, -0.1) is 0 Å². The number of H-pyrrole nitrogens is 1. The Kier molecular flexibility index (Phi) is 2.28. The zero-order valence-corrected chi connectivity index (χ0v) is 8.96. The van der Waals surface area contributed by atoms with Crippen LogP contribution in [0.2, 0.25) is 0 Å². The molecule has 0 radical (unpaired) electrons. The lowest BCUT2D eigenvalue weighted by atomic mass is 10.0. The molecule has 2 aromatic heterocycles. The molecule has 2 nitrogen and oxygen atoms in total. The molecule has 0 spiro atoms. The largest absolute Gasteiger partial charge is 0.359 e. The summed E-state index contributed by atoms with van der Waals surface area (Å²) in [7, 11) is 0. The molecule has 1 N–H and O–H groups in total. The Morgan fingerprint density at radius 1 is 1.43 bits per heavy atom. The summed E-state index contributed by atoms with van der Waals surface area (Å²) in [4.78, 5) is 7.69. The number of hydrogen-bond acceptors (Lipinski definition) is 1. The molecule has 74 valence electrons. The number of aromatic nitrogens is 2. The molecule has 0 aliphatic carbocycles. The second-order valence-corrected chi connectivity index (χ2v) is 3.93. The molecule has 0 atom stereocenters. The minimum atomic E-state index is 0.566. The summed E-state index contributed by atoms with van der Waals surface area (Å²) in [6, 6.07) is 2.10. The van der Waals surface area contributed by atoms with Gasteiger partial charge >= 0.3 is 0 Å². The van der Waals surface area contributed by atoms with Crippen molar-refractivity contribution in [3.63, 3.8) is 0 Å². The zero-order chi connectivity index (χ0) is 10.1. The third-order valence-corrected chi connectivity index (χ3v) is 2.67. The van der Waals surface area contributed by atoms with Crippen molar-refractivity contribution in [3.05, 3.63) is 29.7 Å². The second-order valence-electron chi connectivity index (χ2n) is 3.93. The van der Waals surface area contributed by atoms with Gasteiger partial charge in [-0.3, -0.25) is 4.98 Å². The summed E-state index contributed by atoms with van der Waals surface area (Å²) in [5.74, 6) is 0.566. The van der Waals surface area contributed by atoms with Crippen LogP contribution < -0.4 is 0 Å². The van der Waals surface area contributed by atoms with Crippen LogP contribution in [0.5, 0.6) is 0 Å². The molecule has 0 saturated carbocycles. The smallest absolute Gasteiger partial charge is 0.0675 e. The van der Waals surface area contributed by atoms with Crippen molar-refractivity contribution in [2.45, 2.75) is 33.1 Å². The van der Waals surface area contributed by atoms with Gasteiger partial charge in [-0.2, -0.15) is 0 Å². The summed E-state index contributed by atoms with van der Waals surface area (Å²) in [5.41, 5.74) is 3.75. The maximum atomic E-state index is 4.37. The fraction of sp³-hybridized carbons (Fsp3) is 0.417. The monoisotopic (exact) mass is 188 g/mol. The lowest BCUT2D eigenvalue weighted by molar-refractivity contribution is 0.875. The van der Waals surface area contributed by atoms with Gasteiger partial charge in [-0.25, -0.2) is 0 Å². The first-order chi connectivity index (χ1) is 6.74. The third-order valence-electron chi connectivity index (χ3n) is 2.67. The highest BCUT2D eigenvalue weighted by molar-refractivity contribution is 5.85. The Labute approximate surface area is 84.4 Å². The van der Waals surface area contributed by atoms with E-state index in [9.17, 15) is 0 Å². The molecule has 2 rings (SSSR count). The van der Waals surface area contributed by atoms with E-state index in [0.29, 0.717) is 5.92 Å². The molecule has 2 heteroatoms. The van der Waals surface area contributed by atoms with Crippen molar-refractivity contribution in [1.29, 1.82) is 0 Å². The number of nitrogens with one attached hydrogen (secondary N) is 1. The standard InChI is InChI=1S/C12H16N2/c1-4-11-12-9(5-6-13-11)10(7-14-12)8(2)3/h5-8,14H,4H2,1-3H3. The minimum absolute atomic E-state index is 0.566. The van der Waals surface area contributed by atoms with Crippen molar-refractivity contribution < 1.29 is 0 Å². The number of aryl methyl sites for hydroxylation is 1. The van der Waals surface area contributed by atoms with Crippen LogP contribution in [-0.2, 0) is 6.42 Å². The highest BCUT2D eigenvalue weighted by Crippen LogP contribution is 2.26. The summed E-state index contributed by atoms with van der Waals surface area (Å²) >= 11 is 0. The number of fused-ring (bicyclic) bond motifs is 1. The van der Waals surface area contributed by atoms with Crippen molar-refractivity contribution in [1.82, 2.24) is 9.97 Å². The van der Waals surface area contributed by atoms with Crippen LogP contribution in [0.1, 0.15) is 37.9 Å². The normalized spacial score (nSPS) is 11.4. The summed E-state index contributed by atoms with van der Waals surface area (Å²) < 4.78 is 0. The Bertz CT molecular complexity index is 441. The van der Waals surface area contributed by atoms with Crippen LogP contribution >= 0.6 is 0 Å². The fourth-order valence-corrected chi connectivity index (χ4v) is 1.88. The molecule has 0 fully saturated rings. The number of aromatic amines is 1. The minimum Gasteiger partial charge on any atom is -0.359 e. The van der Waals surface area contributed by atoms with Crippen LogP contribution in [0.25, 0.3) is 10.9 Å². The van der Waals surface area contributed by atoms with E-state index < -0.39 is 0 Å². The highest BCUT2D eigenvalue weighted by Gasteiger charge is 2.09. The van der Waals surface area contributed by atoms with E-state index in [4.69, 9.17) is 0 Å². The molecule has 2 heterocycles. The third kappa shape index (κ3) is 1.31. The van der Waals surface area contributed by atoms with E-state index >= 15 is 0 Å². The van der Waals surface area contributed by atoms with Crippen molar-refractivity contribution in [2.75, 3.05) is 0 Å². The molecule has 0 aliphatic heterocycles. The van der Waals surface area contributed by atoms with E-state index in [2.05, 4.69) is 43.0 Å². The molecular weight excluding hydrogens is 172 g/mol. The lowest BCUT2D eigenvalue weighted by Gasteiger charge is -2.02. The fourth-order valence-electron chi connectivity index (χ4n) is 1.88. The van der Waals surface area contributed by atoms with Crippen LogP contribution in [0.15, 0.2) is 18.5 Å². The summed E-state index contributed by atoms with van der Waals surface area (Å²) in [5, 5.41) is 1.33. The van der Waals surface area contributed by atoms with Crippen LogP contribution in [0.3, 0.4) is 0 Å². The lowest BCUT2D eigenvalue weighted by Crippen LogP contribution is -1.88. The van der Waals surface area contributed by atoms with Crippen LogP contribution in [0.4, 0.5) is 0 Å². The molecule has 0 amide bonds. The predicted octanol–water partition coefficient (Wildman–Crippen LogP) is 3.25. The molecule has 0 unspecified atom stereocenters. The van der Waals surface area contributed by atoms with Gasteiger partial charge in [0, 0.05) is 17.8 Å². The van der Waals surface area contributed by atoms with Crippen molar-refractivity contribution >= 4 is 10.9 Å². The Morgan fingerprint density at radius 3 is 2.86 bits per heavy atom. The molecule has 0 bridgehead atoms. The molecule has 0 aromatic carbocycles. The zero-order valence-electron chi connectivity index (χ0n) is 8.96. The van der Waals surface area contributed by atoms with Gasteiger partial charge in [0.2, 0.25) is 0 Å². The number of nitrogens with zero attached hydrogens (tertiary/aromatic N) is 1. The van der Waals surface area contributed by atoms with Crippen LogP contribution in [-0.4, -0.2) is 9.97 Å². The van der Waals surface area contributed by atoms with Crippen LogP contribution in [0, 0.1) is 0 Å².